The van der Waals surface area contributed by atoms with E-state index in [4.69, 9.17) is 4.74 Å². The summed E-state index contributed by atoms with van der Waals surface area (Å²) in [7, 11) is 0. The van der Waals surface area contributed by atoms with Crippen molar-refractivity contribution in [2.75, 3.05) is 31.2 Å². The smallest absolute Gasteiger partial charge is 0.182 e. The standard InChI is InChI=1S/C15H17N7O/c1-2-16-8-17-12(1)5-11-6-22(3-4-23-7-11)15-13-14(19-9-18-13)20-10-21-15/h1-2,8-11H,3-7H2,(H,18,19,20,21). The van der Waals surface area contributed by atoms with Gasteiger partial charge in [0.1, 0.15) is 18.2 Å². The van der Waals surface area contributed by atoms with E-state index in [1.54, 1.807) is 25.2 Å². The number of hydrogen-bond acceptors (Lipinski definition) is 7. The molecule has 3 aromatic heterocycles. The number of imidazole rings is 1. The molecule has 0 saturated carbocycles. The quantitative estimate of drug-likeness (QED) is 0.766. The first-order valence-electron chi connectivity index (χ1n) is 7.62. The van der Waals surface area contributed by atoms with Crippen LogP contribution in [0.25, 0.3) is 11.2 Å². The van der Waals surface area contributed by atoms with Crippen LogP contribution in [0.1, 0.15) is 5.69 Å². The maximum Gasteiger partial charge on any atom is 0.182 e. The molecule has 1 unspecified atom stereocenters. The number of rotatable bonds is 3. The summed E-state index contributed by atoms with van der Waals surface area (Å²) in [5, 5.41) is 0. The molecule has 0 amide bonds. The van der Waals surface area contributed by atoms with Gasteiger partial charge in [-0.1, -0.05) is 0 Å². The molecule has 0 radical (unpaired) electrons. The van der Waals surface area contributed by atoms with Crippen LogP contribution in [-0.4, -0.2) is 56.2 Å². The van der Waals surface area contributed by atoms with Gasteiger partial charge < -0.3 is 14.6 Å². The number of nitrogens with zero attached hydrogens (tertiary/aromatic N) is 6. The lowest BCUT2D eigenvalue weighted by atomic mass is 10.0. The van der Waals surface area contributed by atoms with E-state index in [9.17, 15) is 0 Å². The van der Waals surface area contributed by atoms with Crippen molar-refractivity contribution in [2.24, 2.45) is 5.92 Å². The molecule has 3 aromatic rings. The number of ether oxygens (including phenoxy) is 1. The summed E-state index contributed by atoms with van der Waals surface area (Å²) >= 11 is 0. The second-order valence-electron chi connectivity index (χ2n) is 5.59. The van der Waals surface area contributed by atoms with Gasteiger partial charge in [-0.05, 0) is 12.5 Å². The van der Waals surface area contributed by atoms with E-state index >= 15 is 0 Å². The summed E-state index contributed by atoms with van der Waals surface area (Å²) in [5.74, 6) is 1.23. The molecule has 23 heavy (non-hydrogen) atoms. The molecule has 1 aliphatic heterocycles. The average Bonchev–Trinajstić information content (AvgIpc) is 2.95. The van der Waals surface area contributed by atoms with E-state index < -0.39 is 0 Å². The van der Waals surface area contributed by atoms with Crippen LogP contribution in [0.15, 0.2) is 31.2 Å². The summed E-state index contributed by atoms with van der Waals surface area (Å²) < 4.78 is 5.77. The molecule has 1 N–H and O–H groups in total. The average molecular weight is 311 g/mol. The van der Waals surface area contributed by atoms with Crippen LogP contribution in [0.2, 0.25) is 0 Å². The minimum Gasteiger partial charge on any atom is -0.379 e. The third kappa shape index (κ3) is 2.98. The Bertz CT molecular complexity index is 776. The topological polar surface area (TPSA) is 92.7 Å². The molecular formula is C15H17N7O. The molecule has 1 atom stereocenters. The van der Waals surface area contributed by atoms with Gasteiger partial charge >= 0.3 is 0 Å². The molecule has 8 heteroatoms. The summed E-state index contributed by atoms with van der Waals surface area (Å²) in [5.41, 5.74) is 2.59. The van der Waals surface area contributed by atoms with Crippen molar-refractivity contribution < 1.29 is 4.74 Å². The van der Waals surface area contributed by atoms with Gasteiger partial charge in [0.15, 0.2) is 11.5 Å². The monoisotopic (exact) mass is 311 g/mol. The van der Waals surface area contributed by atoms with E-state index in [2.05, 4.69) is 34.8 Å². The predicted molar refractivity (Wildman–Crippen MR) is 83.9 cm³/mol. The molecule has 1 aliphatic rings. The van der Waals surface area contributed by atoms with Crippen LogP contribution in [-0.2, 0) is 11.2 Å². The van der Waals surface area contributed by atoms with Crippen molar-refractivity contribution in [1.29, 1.82) is 0 Å². The molecule has 0 aliphatic carbocycles. The molecular weight excluding hydrogens is 294 g/mol. The van der Waals surface area contributed by atoms with Gasteiger partial charge in [0.05, 0.1) is 19.5 Å². The van der Waals surface area contributed by atoms with Crippen LogP contribution < -0.4 is 4.90 Å². The van der Waals surface area contributed by atoms with Crippen molar-refractivity contribution in [2.45, 2.75) is 6.42 Å². The molecule has 4 rings (SSSR count). The van der Waals surface area contributed by atoms with Crippen LogP contribution in [0, 0.1) is 5.92 Å². The van der Waals surface area contributed by atoms with Gasteiger partial charge in [0.2, 0.25) is 0 Å². The maximum absolute atomic E-state index is 5.77. The molecule has 1 fully saturated rings. The van der Waals surface area contributed by atoms with Gasteiger partial charge in [-0.25, -0.2) is 24.9 Å². The van der Waals surface area contributed by atoms with Crippen molar-refractivity contribution >= 4 is 17.0 Å². The summed E-state index contributed by atoms with van der Waals surface area (Å²) in [6.45, 7) is 3.05. The Labute approximate surface area is 133 Å². The molecule has 8 nitrogen and oxygen atoms in total. The Hall–Kier alpha value is -2.61. The van der Waals surface area contributed by atoms with Gasteiger partial charge in [0, 0.05) is 30.9 Å². The lowest BCUT2D eigenvalue weighted by Crippen LogP contribution is -2.32. The Balaban J connectivity index is 1.57. The van der Waals surface area contributed by atoms with Crippen molar-refractivity contribution in [1.82, 2.24) is 29.9 Å². The van der Waals surface area contributed by atoms with Crippen LogP contribution in [0.4, 0.5) is 5.82 Å². The minimum absolute atomic E-state index is 0.348. The molecule has 1 saturated heterocycles. The fourth-order valence-corrected chi connectivity index (χ4v) is 2.92. The van der Waals surface area contributed by atoms with E-state index in [0.717, 1.165) is 43.1 Å². The largest absolute Gasteiger partial charge is 0.379 e. The highest BCUT2D eigenvalue weighted by molar-refractivity contribution is 5.82. The zero-order chi connectivity index (χ0) is 15.5. The van der Waals surface area contributed by atoms with Crippen LogP contribution in [0.3, 0.4) is 0 Å². The van der Waals surface area contributed by atoms with Gasteiger partial charge in [-0.3, -0.25) is 0 Å². The number of aromatic amines is 1. The second-order valence-corrected chi connectivity index (χ2v) is 5.59. The fraction of sp³-hybridized carbons (Fsp3) is 0.400. The number of fused-ring (bicyclic) bond motifs is 1. The minimum atomic E-state index is 0.348. The lowest BCUT2D eigenvalue weighted by Gasteiger charge is -2.24. The molecule has 0 aromatic carbocycles. The van der Waals surface area contributed by atoms with Crippen LogP contribution in [0.5, 0.6) is 0 Å². The zero-order valence-electron chi connectivity index (χ0n) is 12.6. The lowest BCUT2D eigenvalue weighted by molar-refractivity contribution is 0.123. The maximum atomic E-state index is 5.77. The van der Waals surface area contributed by atoms with E-state index in [1.165, 1.54) is 0 Å². The number of nitrogens with one attached hydrogen (secondary N) is 1. The van der Waals surface area contributed by atoms with Gasteiger partial charge in [0.25, 0.3) is 0 Å². The molecule has 4 heterocycles. The first-order valence-corrected chi connectivity index (χ1v) is 7.62. The van der Waals surface area contributed by atoms with Crippen molar-refractivity contribution in [3.63, 3.8) is 0 Å². The number of H-pyrrole nitrogens is 1. The SMILES string of the molecule is c1cc(CC2COCCN(c3ncnc4nc[nH]c34)C2)ncn1. The van der Waals surface area contributed by atoms with E-state index in [0.29, 0.717) is 18.2 Å². The van der Waals surface area contributed by atoms with Gasteiger partial charge in [-0.15, -0.1) is 0 Å². The third-order valence-electron chi connectivity index (χ3n) is 3.98. The van der Waals surface area contributed by atoms with Gasteiger partial charge in [-0.2, -0.15) is 0 Å². The summed E-state index contributed by atoms with van der Waals surface area (Å²) in [4.78, 5) is 26.5. The van der Waals surface area contributed by atoms with Crippen molar-refractivity contribution in [3.8, 4) is 0 Å². The van der Waals surface area contributed by atoms with Crippen molar-refractivity contribution in [3.05, 3.63) is 36.9 Å². The highest BCUT2D eigenvalue weighted by atomic mass is 16.5. The molecule has 0 bridgehead atoms. The number of anilines is 1. The Morgan fingerprint density at radius 1 is 1.22 bits per heavy atom. The highest BCUT2D eigenvalue weighted by Gasteiger charge is 2.22. The van der Waals surface area contributed by atoms with E-state index in [-0.39, 0.29) is 0 Å². The Kier molecular flexibility index (Phi) is 3.81. The van der Waals surface area contributed by atoms with Crippen LogP contribution >= 0.6 is 0 Å². The zero-order valence-corrected chi connectivity index (χ0v) is 12.6. The summed E-state index contributed by atoms with van der Waals surface area (Å²) in [6.07, 6.45) is 7.43. The normalized spacial score (nSPS) is 19.0. The highest BCUT2D eigenvalue weighted by Crippen LogP contribution is 2.22. The number of aromatic nitrogens is 6. The predicted octanol–water partition coefficient (Wildman–Crippen LogP) is 0.838. The first-order chi connectivity index (χ1) is 11.4. The fourth-order valence-electron chi connectivity index (χ4n) is 2.92. The number of hydrogen-bond donors (Lipinski definition) is 1. The first kappa shape index (κ1) is 14.0. The summed E-state index contributed by atoms with van der Waals surface area (Å²) in [6, 6.07) is 1.95. The molecule has 0 spiro atoms. The third-order valence-corrected chi connectivity index (χ3v) is 3.98. The Morgan fingerprint density at radius 3 is 3.13 bits per heavy atom. The second kappa shape index (κ2) is 6.25. The molecule has 118 valence electrons. The Morgan fingerprint density at radius 2 is 2.22 bits per heavy atom. The van der Waals surface area contributed by atoms with E-state index in [1.807, 2.05) is 6.07 Å².